The highest BCUT2D eigenvalue weighted by Crippen LogP contribution is 2.38. The number of amides is 1. The van der Waals surface area contributed by atoms with Crippen LogP contribution < -0.4 is 14.8 Å². The molecule has 1 fully saturated rings. The van der Waals surface area contributed by atoms with E-state index in [4.69, 9.17) is 16.3 Å². The molecule has 2 aromatic carbocycles. The molecule has 0 aromatic heterocycles. The fourth-order valence-electron chi connectivity index (χ4n) is 3.82. The molecule has 0 spiro atoms. The molecule has 0 radical (unpaired) electrons. The lowest BCUT2D eigenvalue weighted by molar-refractivity contribution is -0.123. The van der Waals surface area contributed by atoms with Crippen LogP contribution in [-0.4, -0.2) is 28.0 Å². The van der Waals surface area contributed by atoms with Gasteiger partial charge in [-0.15, -0.1) is 0 Å². The van der Waals surface area contributed by atoms with E-state index in [1.165, 1.54) is 26.3 Å². The Kier molecular flexibility index (Phi) is 8.35. The maximum Gasteiger partial charge on any atom is 0.258 e. The van der Waals surface area contributed by atoms with Crippen LogP contribution in [0.5, 0.6) is 5.75 Å². The van der Waals surface area contributed by atoms with Crippen LogP contribution in [0.2, 0.25) is 5.02 Å². The molecular formula is C23H29ClN2O4S. The Morgan fingerprint density at radius 1 is 1.06 bits per heavy atom. The van der Waals surface area contributed by atoms with E-state index in [2.05, 4.69) is 10.0 Å². The van der Waals surface area contributed by atoms with Crippen LogP contribution in [0.4, 0.5) is 0 Å². The summed E-state index contributed by atoms with van der Waals surface area (Å²) in [6.07, 6.45) is 5.92. The minimum atomic E-state index is -3.30. The summed E-state index contributed by atoms with van der Waals surface area (Å²) in [5.41, 5.74) is 2.66. The highest BCUT2D eigenvalue weighted by molar-refractivity contribution is 7.88. The summed E-state index contributed by atoms with van der Waals surface area (Å²) in [6.45, 7) is 0.275. The molecule has 0 unspecified atom stereocenters. The smallest absolute Gasteiger partial charge is 0.258 e. The molecule has 1 amide bonds. The standard InChI is InChI=1S/C23H29ClN2O4S/c1-25-31(28,29)16-18-9-7-17(8-10-18)14-26-23(27)15-30-22-12-11-20(24)13-21(22)19-5-3-2-4-6-19/h7-13,19,25H,2-6,14-16H2,1H3,(H,26,27). The number of rotatable bonds is 9. The third-order valence-electron chi connectivity index (χ3n) is 5.56. The van der Waals surface area contributed by atoms with Gasteiger partial charge in [0.1, 0.15) is 5.75 Å². The van der Waals surface area contributed by atoms with Crippen molar-refractivity contribution in [2.45, 2.75) is 50.3 Å². The average Bonchev–Trinajstić information content (AvgIpc) is 2.78. The molecule has 0 saturated heterocycles. The summed E-state index contributed by atoms with van der Waals surface area (Å²) in [7, 11) is -1.91. The number of hydrogen-bond donors (Lipinski definition) is 2. The van der Waals surface area contributed by atoms with E-state index in [1.54, 1.807) is 18.2 Å². The molecule has 1 saturated carbocycles. The Hall–Kier alpha value is -2.09. The minimum Gasteiger partial charge on any atom is -0.483 e. The molecule has 6 nitrogen and oxygen atoms in total. The number of carbonyl (C=O) groups excluding carboxylic acids is 1. The predicted molar refractivity (Wildman–Crippen MR) is 123 cm³/mol. The molecule has 31 heavy (non-hydrogen) atoms. The van der Waals surface area contributed by atoms with Crippen molar-refractivity contribution in [2.75, 3.05) is 13.7 Å². The Morgan fingerprint density at radius 2 is 1.74 bits per heavy atom. The second-order valence-corrected chi connectivity index (χ2v) is 10.2. The quantitative estimate of drug-likeness (QED) is 0.584. The van der Waals surface area contributed by atoms with E-state index in [-0.39, 0.29) is 18.3 Å². The first kappa shape index (κ1) is 23.6. The molecule has 2 N–H and O–H groups in total. The molecule has 1 aliphatic carbocycles. The second-order valence-electron chi connectivity index (χ2n) is 7.86. The van der Waals surface area contributed by atoms with Gasteiger partial charge in [-0.2, -0.15) is 0 Å². The average molecular weight is 465 g/mol. The fraction of sp³-hybridized carbons (Fsp3) is 0.435. The van der Waals surface area contributed by atoms with Gasteiger partial charge in [0.05, 0.1) is 5.75 Å². The number of halogens is 1. The lowest BCUT2D eigenvalue weighted by atomic mass is 9.84. The van der Waals surface area contributed by atoms with E-state index >= 15 is 0 Å². The van der Waals surface area contributed by atoms with Crippen LogP contribution in [0.15, 0.2) is 42.5 Å². The zero-order valence-corrected chi connectivity index (χ0v) is 19.3. The highest BCUT2D eigenvalue weighted by atomic mass is 35.5. The van der Waals surface area contributed by atoms with Crippen LogP contribution in [0, 0.1) is 0 Å². The molecule has 0 heterocycles. The first-order chi connectivity index (χ1) is 14.9. The summed E-state index contributed by atoms with van der Waals surface area (Å²) in [4.78, 5) is 12.3. The van der Waals surface area contributed by atoms with Crippen molar-refractivity contribution in [3.8, 4) is 5.75 Å². The Bertz CT molecular complexity index is 987. The summed E-state index contributed by atoms with van der Waals surface area (Å²) in [5.74, 6) is 0.859. The zero-order chi connectivity index (χ0) is 22.3. The van der Waals surface area contributed by atoms with Gasteiger partial charge in [0.2, 0.25) is 10.0 Å². The summed E-state index contributed by atoms with van der Waals surface area (Å²) >= 11 is 6.20. The van der Waals surface area contributed by atoms with Crippen molar-refractivity contribution in [1.29, 1.82) is 0 Å². The predicted octanol–water partition coefficient (Wildman–Crippen LogP) is 4.13. The normalized spacial score (nSPS) is 14.9. The van der Waals surface area contributed by atoms with Crippen LogP contribution in [-0.2, 0) is 27.1 Å². The second kappa shape index (κ2) is 11.0. The van der Waals surface area contributed by atoms with E-state index in [9.17, 15) is 13.2 Å². The van der Waals surface area contributed by atoms with Gasteiger partial charge in [0.15, 0.2) is 6.61 Å². The summed E-state index contributed by atoms with van der Waals surface area (Å²) in [6, 6.07) is 12.7. The van der Waals surface area contributed by atoms with E-state index in [0.29, 0.717) is 23.0 Å². The van der Waals surface area contributed by atoms with Crippen molar-refractivity contribution in [3.63, 3.8) is 0 Å². The number of hydrogen-bond acceptors (Lipinski definition) is 4. The number of nitrogens with one attached hydrogen (secondary N) is 2. The third-order valence-corrected chi connectivity index (χ3v) is 7.13. The zero-order valence-electron chi connectivity index (χ0n) is 17.7. The number of carbonyl (C=O) groups is 1. The van der Waals surface area contributed by atoms with Crippen molar-refractivity contribution >= 4 is 27.5 Å². The van der Waals surface area contributed by atoms with Gasteiger partial charge in [-0.25, -0.2) is 13.1 Å². The number of sulfonamides is 1. The van der Waals surface area contributed by atoms with Crippen LogP contribution in [0.3, 0.4) is 0 Å². The SMILES string of the molecule is CNS(=O)(=O)Cc1ccc(CNC(=O)COc2ccc(Cl)cc2C2CCCCC2)cc1. The largest absolute Gasteiger partial charge is 0.483 e. The van der Waals surface area contributed by atoms with Gasteiger partial charge < -0.3 is 10.1 Å². The van der Waals surface area contributed by atoms with Gasteiger partial charge in [-0.05, 0) is 60.7 Å². The molecule has 2 aromatic rings. The van der Waals surface area contributed by atoms with E-state index in [1.807, 2.05) is 24.3 Å². The summed E-state index contributed by atoms with van der Waals surface area (Å²) in [5, 5.41) is 3.52. The maximum absolute atomic E-state index is 12.3. The van der Waals surface area contributed by atoms with E-state index < -0.39 is 10.0 Å². The summed E-state index contributed by atoms with van der Waals surface area (Å²) < 4.78 is 31.4. The molecule has 0 atom stereocenters. The first-order valence-corrected chi connectivity index (χ1v) is 12.6. The Labute approximate surface area is 189 Å². The van der Waals surface area contributed by atoms with Gasteiger partial charge in [0.25, 0.3) is 5.91 Å². The molecule has 0 aliphatic heterocycles. The van der Waals surface area contributed by atoms with E-state index in [0.717, 1.165) is 29.7 Å². The van der Waals surface area contributed by atoms with Crippen LogP contribution in [0.1, 0.15) is 54.7 Å². The van der Waals surface area contributed by atoms with Crippen molar-refractivity contribution < 1.29 is 17.9 Å². The molecule has 0 bridgehead atoms. The maximum atomic E-state index is 12.3. The van der Waals surface area contributed by atoms with Gasteiger partial charge in [0, 0.05) is 11.6 Å². The van der Waals surface area contributed by atoms with Crippen molar-refractivity contribution in [2.24, 2.45) is 0 Å². The Balaban J connectivity index is 1.52. The first-order valence-electron chi connectivity index (χ1n) is 10.5. The van der Waals surface area contributed by atoms with Gasteiger partial charge in [-0.3, -0.25) is 4.79 Å². The Morgan fingerprint density at radius 3 is 2.42 bits per heavy atom. The topological polar surface area (TPSA) is 84.5 Å². The van der Waals surface area contributed by atoms with Crippen molar-refractivity contribution in [1.82, 2.24) is 10.0 Å². The van der Waals surface area contributed by atoms with Crippen LogP contribution >= 0.6 is 11.6 Å². The lowest BCUT2D eigenvalue weighted by Gasteiger charge is -2.24. The third kappa shape index (κ3) is 7.23. The molecule has 8 heteroatoms. The lowest BCUT2D eigenvalue weighted by Crippen LogP contribution is -2.28. The minimum absolute atomic E-state index is 0.0696. The molecule has 3 rings (SSSR count). The monoisotopic (exact) mass is 464 g/mol. The van der Waals surface area contributed by atoms with Gasteiger partial charge in [-0.1, -0.05) is 55.1 Å². The fourth-order valence-corrected chi connectivity index (χ4v) is 4.78. The molecular weight excluding hydrogens is 436 g/mol. The highest BCUT2D eigenvalue weighted by Gasteiger charge is 2.20. The molecule has 1 aliphatic rings. The number of ether oxygens (including phenoxy) is 1. The van der Waals surface area contributed by atoms with Crippen LogP contribution in [0.25, 0.3) is 0 Å². The van der Waals surface area contributed by atoms with Crippen molar-refractivity contribution in [3.05, 3.63) is 64.2 Å². The number of benzene rings is 2. The molecule has 168 valence electrons. The van der Waals surface area contributed by atoms with Gasteiger partial charge >= 0.3 is 0 Å².